The van der Waals surface area contributed by atoms with E-state index >= 15 is 0 Å². The third-order valence-electron chi connectivity index (χ3n) is 8.15. The van der Waals surface area contributed by atoms with Crippen molar-refractivity contribution in [2.45, 2.75) is 84.5 Å². The number of likely N-dealkylation sites (tertiary alicyclic amines) is 2. The van der Waals surface area contributed by atoms with E-state index in [1.165, 1.54) is 20.0 Å². The zero-order chi connectivity index (χ0) is 28.5. The van der Waals surface area contributed by atoms with E-state index in [-0.39, 0.29) is 42.0 Å². The third kappa shape index (κ3) is 6.13. The predicted molar refractivity (Wildman–Crippen MR) is 149 cm³/mol. The van der Waals surface area contributed by atoms with Gasteiger partial charge in [0.15, 0.2) is 5.78 Å². The number of carbonyl (C=O) groups excluding carboxylic acids is 4. The van der Waals surface area contributed by atoms with Gasteiger partial charge in [-0.15, -0.1) is 0 Å². The molecule has 0 saturated carbocycles. The standard InChI is InChI=1S/C30H44N4O5/c1-19(2)17-22(31-27(36)20-9-11-21(12-10-20)32-14-7-8-15-32)28(37)33-16-13-23-25(33)24(35)18-34(23)29(38)26(39-6)30(3,4)5/h9-12,19,22-23,25-26H,7-8,13-18H2,1-6H3,(H,31,36). The minimum absolute atomic E-state index is 0.0293. The Bertz CT molecular complexity index is 1070. The van der Waals surface area contributed by atoms with Crippen LogP contribution in [0.3, 0.4) is 0 Å². The number of ether oxygens (including phenoxy) is 1. The molecule has 39 heavy (non-hydrogen) atoms. The summed E-state index contributed by atoms with van der Waals surface area (Å²) in [5, 5.41) is 2.95. The summed E-state index contributed by atoms with van der Waals surface area (Å²) in [6, 6.07) is 5.70. The predicted octanol–water partition coefficient (Wildman–Crippen LogP) is 2.87. The normalized spacial score (nSPS) is 22.8. The summed E-state index contributed by atoms with van der Waals surface area (Å²) in [7, 11) is 1.51. The fourth-order valence-corrected chi connectivity index (χ4v) is 6.27. The molecule has 3 fully saturated rings. The zero-order valence-corrected chi connectivity index (χ0v) is 24.2. The van der Waals surface area contributed by atoms with Crippen LogP contribution >= 0.6 is 0 Å². The molecule has 9 heteroatoms. The molecular formula is C30H44N4O5. The number of hydrogen-bond acceptors (Lipinski definition) is 6. The first-order valence-electron chi connectivity index (χ1n) is 14.2. The van der Waals surface area contributed by atoms with Crippen LogP contribution in [0, 0.1) is 11.3 Å². The SMILES string of the molecule is COC(C(=O)N1CC(=O)C2C1CCN2C(=O)C(CC(C)C)NC(=O)c1ccc(N2CCCC2)cc1)C(C)(C)C. The molecule has 3 aliphatic heterocycles. The number of Topliss-reactive ketones (excluding diaryl/α,β-unsaturated/α-hetero) is 1. The van der Waals surface area contributed by atoms with Crippen LogP contribution in [0.1, 0.15) is 70.7 Å². The molecule has 9 nitrogen and oxygen atoms in total. The van der Waals surface area contributed by atoms with E-state index in [4.69, 9.17) is 4.74 Å². The molecule has 0 spiro atoms. The Morgan fingerprint density at radius 2 is 1.64 bits per heavy atom. The van der Waals surface area contributed by atoms with Crippen molar-refractivity contribution in [3.8, 4) is 0 Å². The van der Waals surface area contributed by atoms with Crippen LogP contribution in [0.25, 0.3) is 0 Å². The molecule has 0 bridgehead atoms. The molecule has 0 aromatic heterocycles. The number of rotatable bonds is 8. The number of methoxy groups -OCH3 is 1. The Morgan fingerprint density at radius 3 is 2.21 bits per heavy atom. The Kier molecular flexibility index (Phi) is 8.69. The maximum Gasteiger partial charge on any atom is 0.252 e. The monoisotopic (exact) mass is 540 g/mol. The van der Waals surface area contributed by atoms with Crippen LogP contribution in [-0.4, -0.2) is 90.8 Å². The maximum atomic E-state index is 13.8. The van der Waals surface area contributed by atoms with Crippen LogP contribution < -0.4 is 10.2 Å². The fourth-order valence-electron chi connectivity index (χ4n) is 6.27. The lowest BCUT2D eigenvalue weighted by atomic mass is 9.88. The van der Waals surface area contributed by atoms with Crippen molar-refractivity contribution in [1.82, 2.24) is 15.1 Å². The maximum absolute atomic E-state index is 13.8. The van der Waals surface area contributed by atoms with Crippen molar-refractivity contribution in [1.29, 1.82) is 0 Å². The summed E-state index contributed by atoms with van der Waals surface area (Å²) in [5.41, 5.74) is 1.17. The minimum atomic E-state index is -0.756. The van der Waals surface area contributed by atoms with Gasteiger partial charge in [-0.1, -0.05) is 34.6 Å². The van der Waals surface area contributed by atoms with Gasteiger partial charge in [0.05, 0.1) is 12.6 Å². The topological polar surface area (TPSA) is 99.3 Å². The molecule has 1 aromatic carbocycles. The molecule has 1 aromatic rings. The number of ketones is 1. The smallest absolute Gasteiger partial charge is 0.252 e. The molecule has 3 aliphatic rings. The summed E-state index contributed by atoms with van der Waals surface area (Å²) < 4.78 is 5.52. The molecule has 3 amide bonds. The quantitative estimate of drug-likeness (QED) is 0.545. The first-order chi connectivity index (χ1) is 18.4. The van der Waals surface area contributed by atoms with E-state index in [1.54, 1.807) is 21.9 Å². The number of amides is 3. The van der Waals surface area contributed by atoms with Crippen LogP contribution in [0.5, 0.6) is 0 Å². The molecule has 214 valence electrons. The van der Waals surface area contributed by atoms with Gasteiger partial charge >= 0.3 is 0 Å². The summed E-state index contributed by atoms with van der Waals surface area (Å²) in [4.78, 5) is 59.0. The van der Waals surface area contributed by atoms with E-state index in [2.05, 4.69) is 10.2 Å². The van der Waals surface area contributed by atoms with Gasteiger partial charge in [-0.05, 0) is 61.3 Å². The van der Waals surface area contributed by atoms with E-state index < -0.39 is 23.6 Å². The van der Waals surface area contributed by atoms with Crippen LogP contribution in [-0.2, 0) is 19.1 Å². The van der Waals surface area contributed by atoms with Crippen molar-refractivity contribution in [2.75, 3.05) is 38.2 Å². The molecule has 0 radical (unpaired) electrons. The molecule has 4 atom stereocenters. The number of benzene rings is 1. The first kappa shape index (κ1) is 29.1. The molecule has 4 unspecified atom stereocenters. The van der Waals surface area contributed by atoms with Crippen LogP contribution in [0.2, 0.25) is 0 Å². The van der Waals surface area contributed by atoms with E-state index in [0.29, 0.717) is 24.9 Å². The second kappa shape index (κ2) is 11.7. The van der Waals surface area contributed by atoms with E-state index in [1.807, 2.05) is 46.8 Å². The molecule has 3 heterocycles. The Hall–Kier alpha value is -2.94. The van der Waals surface area contributed by atoms with E-state index in [0.717, 1.165) is 18.8 Å². The number of hydrogen-bond donors (Lipinski definition) is 1. The summed E-state index contributed by atoms with van der Waals surface area (Å²) >= 11 is 0. The highest BCUT2D eigenvalue weighted by molar-refractivity contribution is 6.01. The van der Waals surface area contributed by atoms with Gasteiger partial charge in [0.1, 0.15) is 18.2 Å². The average molecular weight is 541 g/mol. The molecule has 3 saturated heterocycles. The summed E-state index contributed by atoms with van der Waals surface area (Å²) in [6.45, 7) is 12.2. The second-order valence-electron chi connectivity index (χ2n) is 12.6. The fraction of sp³-hybridized carbons (Fsp3) is 0.667. The van der Waals surface area contributed by atoms with Crippen molar-refractivity contribution in [2.24, 2.45) is 11.3 Å². The van der Waals surface area contributed by atoms with Gasteiger partial charge in [-0.3, -0.25) is 19.2 Å². The van der Waals surface area contributed by atoms with Gasteiger partial charge in [0.2, 0.25) is 5.91 Å². The molecule has 0 aliphatic carbocycles. The number of anilines is 1. The second-order valence-corrected chi connectivity index (χ2v) is 12.6. The summed E-state index contributed by atoms with van der Waals surface area (Å²) in [5.74, 6) is -0.776. The zero-order valence-electron chi connectivity index (χ0n) is 24.2. The Balaban J connectivity index is 1.47. The molecule has 1 N–H and O–H groups in total. The lowest BCUT2D eigenvalue weighted by molar-refractivity contribution is -0.150. The Morgan fingerprint density at radius 1 is 1.00 bits per heavy atom. The number of fused-ring (bicyclic) bond motifs is 1. The first-order valence-corrected chi connectivity index (χ1v) is 14.2. The highest BCUT2D eigenvalue weighted by Gasteiger charge is 2.53. The highest BCUT2D eigenvalue weighted by Crippen LogP contribution is 2.34. The van der Waals surface area contributed by atoms with Crippen LogP contribution in [0.4, 0.5) is 5.69 Å². The number of nitrogens with one attached hydrogen (secondary N) is 1. The Labute approximate surface area is 232 Å². The largest absolute Gasteiger partial charge is 0.372 e. The average Bonchev–Trinajstić information content (AvgIpc) is 3.61. The van der Waals surface area contributed by atoms with Gasteiger partial charge in [-0.2, -0.15) is 0 Å². The lowest BCUT2D eigenvalue weighted by Crippen LogP contribution is -2.53. The van der Waals surface area contributed by atoms with Crippen molar-refractivity contribution in [3.63, 3.8) is 0 Å². The highest BCUT2D eigenvalue weighted by atomic mass is 16.5. The van der Waals surface area contributed by atoms with Crippen molar-refractivity contribution in [3.05, 3.63) is 29.8 Å². The van der Waals surface area contributed by atoms with Gasteiger partial charge in [-0.25, -0.2) is 0 Å². The van der Waals surface area contributed by atoms with Crippen molar-refractivity contribution < 1.29 is 23.9 Å². The van der Waals surface area contributed by atoms with Gasteiger partial charge < -0.3 is 24.8 Å². The lowest BCUT2D eigenvalue weighted by Gasteiger charge is -2.33. The van der Waals surface area contributed by atoms with Crippen LogP contribution in [0.15, 0.2) is 24.3 Å². The third-order valence-corrected chi connectivity index (χ3v) is 8.15. The molecule has 4 rings (SSSR count). The summed E-state index contributed by atoms with van der Waals surface area (Å²) in [6.07, 6.45) is 2.65. The van der Waals surface area contributed by atoms with Gasteiger partial charge in [0, 0.05) is 38.0 Å². The minimum Gasteiger partial charge on any atom is -0.372 e. The molecular weight excluding hydrogens is 496 g/mol. The van der Waals surface area contributed by atoms with E-state index in [9.17, 15) is 19.2 Å². The van der Waals surface area contributed by atoms with Gasteiger partial charge in [0.25, 0.3) is 11.8 Å². The number of carbonyl (C=O) groups is 4. The number of nitrogens with zero attached hydrogens (tertiary/aromatic N) is 3. The van der Waals surface area contributed by atoms with Crippen molar-refractivity contribution >= 4 is 29.2 Å².